The van der Waals surface area contributed by atoms with Gasteiger partial charge in [0.2, 0.25) is 0 Å². The highest BCUT2D eigenvalue weighted by Gasteiger charge is 2.46. The van der Waals surface area contributed by atoms with Crippen molar-refractivity contribution in [3.8, 4) is 24.7 Å². The van der Waals surface area contributed by atoms with Gasteiger partial charge in [0.25, 0.3) is 23.6 Å². The maximum Gasteiger partial charge on any atom is 0.266 e. The molecule has 3 aliphatic rings. The molecule has 2 aliphatic heterocycles. The normalized spacial score (nSPS) is 17.0. The molecule has 4 amide bonds. The second-order valence-corrected chi connectivity index (χ2v) is 17.0. The van der Waals surface area contributed by atoms with E-state index in [0.29, 0.717) is 33.6 Å². The lowest BCUT2D eigenvalue weighted by atomic mass is 9.75. The van der Waals surface area contributed by atoms with E-state index in [1.165, 1.54) is 18.2 Å². The number of fused-ring (bicyclic) bond motifs is 3. The van der Waals surface area contributed by atoms with Crippen LogP contribution in [0.25, 0.3) is 0 Å². The van der Waals surface area contributed by atoms with E-state index >= 15 is 0 Å². The van der Waals surface area contributed by atoms with E-state index in [-0.39, 0.29) is 57.5 Å². The Kier molecular flexibility index (Phi) is 9.34. The van der Waals surface area contributed by atoms with Crippen molar-refractivity contribution in [2.75, 3.05) is 9.80 Å². The van der Waals surface area contributed by atoms with Gasteiger partial charge >= 0.3 is 0 Å². The molecule has 0 aromatic heterocycles. The van der Waals surface area contributed by atoms with Gasteiger partial charge in [-0.05, 0) is 100 Å². The lowest BCUT2D eigenvalue weighted by Gasteiger charge is -2.28. The van der Waals surface area contributed by atoms with Crippen LogP contribution in [0, 0.1) is 24.7 Å². The monoisotopic (exact) mass is 810 g/mol. The summed E-state index contributed by atoms with van der Waals surface area (Å²) in [5.74, 6) is 2.77. The molecule has 8 heteroatoms. The highest BCUT2D eigenvalue weighted by molar-refractivity contribution is 6.35. The first-order valence-corrected chi connectivity index (χ1v) is 20.2. The number of nitrogens with zero attached hydrogens (tertiary/aromatic N) is 2. The number of carbonyl (C=O) groups is 6. The molecule has 2 heterocycles. The topological polar surface area (TPSA) is 109 Å². The zero-order valence-electron chi connectivity index (χ0n) is 34.2. The maximum absolute atomic E-state index is 13.7. The summed E-state index contributed by atoms with van der Waals surface area (Å²) in [5.41, 5.74) is 7.87. The number of hydrogen-bond acceptors (Lipinski definition) is 6. The Morgan fingerprint density at radius 2 is 1.00 bits per heavy atom. The molecule has 0 spiro atoms. The number of carbonyl (C=O) groups excluding carboxylic acids is 6. The van der Waals surface area contributed by atoms with Gasteiger partial charge in [-0.15, -0.1) is 12.8 Å². The number of terminal acetylenes is 2. The van der Waals surface area contributed by atoms with Crippen molar-refractivity contribution in [3.63, 3.8) is 0 Å². The minimum Gasteiger partial charge on any atom is -0.294 e. The van der Waals surface area contributed by atoms with Crippen molar-refractivity contribution >= 4 is 46.6 Å². The largest absolute Gasteiger partial charge is 0.294 e. The molecule has 1 aliphatic carbocycles. The van der Waals surface area contributed by atoms with Crippen LogP contribution in [-0.4, -0.2) is 35.2 Å². The van der Waals surface area contributed by atoms with E-state index in [4.69, 9.17) is 12.8 Å². The average molecular weight is 811 g/mol. The summed E-state index contributed by atoms with van der Waals surface area (Å²) in [6.07, 6.45) is 12.1. The molecule has 0 saturated heterocycles. The highest BCUT2D eigenvalue weighted by atomic mass is 16.2. The van der Waals surface area contributed by atoms with Crippen LogP contribution in [0.2, 0.25) is 0 Å². The zero-order valence-corrected chi connectivity index (χ0v) is 34.2. The van der Waals surface area contributed by atoms with Crippen LogP contribution in [-0.2, 0) is 23.7 Å². The van der Waals surface area contributed by atoms with Gasteiger partial charge in [0.05, 0.1) is 33.6 Å². The third kappa shape index (κ3) is 6.45. The quantitative estimate of drug-likeness (QED) is 0.0820. The molecule has 6 aromatic rings. The van der Waals surface area contributed by atoms with Gasteiger partial charge in [0.15, 0.2) is 11.6 Å². The third-order valence-corrected chi connectivity index (χ3v) is 12.5. The fraction of sp³-hybridized carbons (Fsp3) is 0.148. The molecular formula is C54H38N2O6. The van der Waals surface area contributed by atoms with Gasteiger partial charge in [-0.25, -0.2) is 9.80 Å². The SMILES string of the molecule is C#Cc1cccc(N2C(=O)c3ccc(C(=O)Cc4ccc(C5(C)CC(C)(C)c6cc(CC(=O)c7ccc8c(c7)C(=O)N(c7cccc(C#C)c7)C8=O)ccc65)cc4)cc3C2=O)c1. The number of benzene rings is 6. The minimum absolute atomic E-state index is 0.110. The van der Waals surface area contributed by atoms with E-state index < -0.39 is 23.6 Å². The van der Waals surface area contributed by atoms with Crippen LogP contribution in [0.4, 0.5) is 11.4 Å². The number of hydrogen-bond donors (Lipinski definition) is 0. The molecular weight excluding hydrogens is 773 g/mol. The van der Waals surface area contributed by atoms with Crippen molar-refractivity contribution in [1.82, 2.24) is 0 Å². The van der Waals surface area contributed by atoms with Crippen molar-refractivity contribution in [2.24, 2.45) is 0 Å². The van der Waals surface area contributed by atoms with Gasteiger partial charge in [0, 0.05) is 40.5 Å². The summed E-state index contributed by atoms with van der Waals surface area (Å²) < 4.78 is 0. The number of imide groups is 2. The molecule has 0 radical (unpaired) electrons. The first-order valence-electron chi connectivity index (χ1n) is 20.2. The molecule has 300 valence electrons. The number of Topliss-reactive ketones (excluding diaryl/α,β-unsaturated/α-hetero) is 2. The fourth-order valence-electron chi connectivity index (χ4n) is 9.41. The average Bonchev–Trinajstić information content (AvgIpc) is 3.77. The Morgan fingerprint density at radius 1 is 0.532 bits per heavy atom. The number of amides is 4. The van der Waals surface area contributed by atoms with Gasteiger partial charge < -0.3 is 0 Å². The lowest BCUT2D eigenvalue weighted by molar-refractivity contribution is 0.0910. The molecule has 0 saturated carbocycles. The van der Waals surface area contributed by atoms with Gasteiger partial charge in [-0.3, -0.25) is 28.8 Å². The summed E-state index contributed by atoms with van der Waals surface area (Å²) in [7, 11) is 0. The second kappa shape index (κ2) is 14.7. The zero-order chi connectivity index (χ0) is 43.7. The summed E-state index contributed by atoms with van der Waals surface area (Å²) >= 11 is 0. The highest BCUT2D eigenvalue weighted by Crippen LogP contribution is 2.53. The second-order valence-electron chi connectivity index (χ2n) is 17.0. The lowest BCUT2D eigenvalue weighted by Crippen LogP contribution is -2.29. The maximum atomic E-state index is 13.7. The van der Waals surface area contributed by atoms with Crippen LogP contribution in [0.5, 0.6) is 0 Å². The molecule has 1 atom stereocenters. The number of anilines is 2. The van der Waals surface area contributed by atoms with Crippen LogP contribution in [0.3, 0.4) is 0 Å². The van der Waals surface area contributed by atoms with Crippen molar-refractivity contribution < 1.29 is 28.8 Å². The van der Waals surface area contributed by atoms with E-state index in [0.717, 1.165) is 44.0 Å². The first kappa shape index (κ1) is 39.5. The number of ketones is 2. The van der Waals surface area contributed by atoms with Crippen LogP contribution in [0.15, 0.2) is 127 Å². The fourth-order valence-corrected chi connectivity index (χ4v) is 9.41. The summed E-state index contributed by atoms with van der Waals surface area (Å²) in [5, 5.41) is 0. The predicted molar refractivity (Wildman–Crippen MR) is 237 cm³/mol. The Labute approximate surface area is 359 Å². The van der Waals surface area contributed by atoms with Crippen LogP contribution >= 0.6 is 0 Å². The van der Waals surface area contributed by atoms with E-state index in [1.54, 1.807) is 66.7 Å². The molecule has 62 heavy (non-hydrogen) atoms. The van der Waals surface area contributed by atoms with Crippen molar-refractivity contribution in [1.29, 1.82) is 0 Å². The van der Waals surface area contributed by atoms with E-state index in [1.807, 2.05) is 18.2 Å². The van der Waals surface area contributed by atoms with Crippen molar-refractivity contribution in [2.45, 2.75) is 50.9 Å². The van der Waals surface area contributed by atoms with Crippen LogP contribution in [0.1, 0.15) is 128 Å². The molecule has 6 aromatic carbocycles. The first-order chi connectivity index (χ1) is 29.7. The van der Waals surface area contributed by atoms with Gasteiger partial charge in [-0.1, -0.05) is 99.3 Å². The summed E-state index contributed by atoms with van der Waals surface area (Å²) in [4.78, 5) is 82.8. The molecule has 0 N–H and O–H groups in total. The molecule has 9 rings (SSSR count). The molecule has 0 bridgehead atoms. The van der Waals surface area contributed by atoms with Crippen LogP contribution < -0.4 is 9.80 Å². The summed E-state index contributed by atoms with van der Waals surface area (Å²) in [6, 6.07) is 36.8. The third-order valence-electron chi connectivity index (χ3n) is 12.5. The standard InChI is InChI=1S/C54H38N2O6/c1-6-32-10-8-12-39(24-32)55-49(59)41-21-17-36(29-43(41)51(55)61)47(57)27-34-14-19-38(20-15-34)54(5)31-53(3,4)46-26-35(16-23-45(46)54)28-48(58)37-18-22-42-44(30-37)52(62)56(50(42)60)40-13-9-11-33(7-2)25-40/h1-2,8-26,29-30H,27-28,31H2,3-5H3. The van der Waals surface area contributed by atoms with Crippen molar-refractivity contribution in [3.05, 3.63) is 200 Å². The van der Waals surface area contributed by atoms with Gasteiger partial charge in [-0.2, -0.15) is 0 Å². The molecule has 8 nitrogen and oxygen atoms in total. The Balaban J connectivity index is 0.895. The summed E-state index contributed by atoms with van der Waals surface area (Å²) in [6.45, 7) is 6.62. The van der Waals surface area contributed by atoms with E-state index in [2.05, 4.69) is 56.9 Å². The molecule has 1 unspecified atom stereocenters. The smallest absolute Gasteiger partial charge is 0.266 e. The Bertz CT molecular complexity index is 3090. The Hall–Kier alpha value is -7.94. The Morgan fingerprint density at radius 3 is 1.50 bits per heavy atom. The van der Waals surface area contributed by atoms with Gasteiger partial charge in [0.1, 0.15) is 0 Å². The predicted octanol–water partition coefficient (Wildman–Crippen LogP) is 9.09. The van der Waals surface area contributed by atoms with E-state index in [9.17, 15) is 28.8 Å². The minimum atomic E-state index is -0.503. The molecule has 0 fully saturated rings. The number of rotatable bonds is 9.